The lowest BCUT2D eigenvalue weighted by Gasteiger charge is -2.35. The first kappa shape index (κ1) is 14.2. The highest BCUT2D eigenvalue weighted by Crippen LogP contribution is 2.22. The Labute approximate surface area is 103 Å². The van der Waals surface area contributed by atoms with Gasteiger partial charge in [0.1, 0.15) is 0 Å². The second-order valence-corrected chi connectivity index (χ2v) is 4.57. The molecule has 17 heavy (non-hydrogen) atoms. The molecule has 0 aromatic carbocycles. The lowest BCUT2D eigenvalue weighted by Crippen LogP contribution is -2.52. The first-order valence-electron chi connectivity index (χ1n) is 6.05. The van der Waals surface area contributed by atoms with Crippen LogP contribution < -0.4 is 11.3 Å². The molecule has 1 heterocycles. The van der Waals surface area contributed by atoms with Gasteiger partial charge in [0, 0.05) is 26.0 Å². The van der Waals surface area contributed by atoms with Crippen LogP contribution in [0.1, 0.15) is 32.4 Å². The van der Waals surface area contributed by atoms with E-state index >= 15 is 0 Å². The van der Waals surface area contributed by atoms with Crippen LogP contribution >= 0.6 is 0 Å². The van der Waals surface area contributed by atoms with Gasteiger partial charge in [-0.3, -0.25) is 16.0 Å². The maximum Gasteiger partial charge on any atom is 0.0813 e. The summed E-state index contributed by atoms with van der Waals surface area (Å²) in [4.78, 5) is 0. The van der Waals surface area contributed by atoms with E-state index in [-0.39, 0.29) is 11.6 Å². The van der Waals surface area contributed by atoms with Crippen LogP contribution in [0.15, 0.2) is 12.3 Å². The Bertz CT molecular complexity index is 333. The molecule has 2 atom stereocenters. The molecule has 98 valence electrons. The van der Waals surface area contributed by atoms with E-state index in [9.17, 15) is 0 Å². The van der Waals surface area contributed by atoms with Crippen molar-refractivity contribution in [3.05, 3.63) is 18.0 Å². The molecule has 0 bridgehead atoms. The van der Waals surface area contributed by atoms with Crippen LogP contribution in [0.3, 0.4) is 0 Å². The predicted octanol–water partition coefficient (Wildman–Crippen LogP) is 1.000. The third-order valence-corrected chi connectivity index (χ3v) is 3.72. The summed E-state index contributed by atoms with van der Waals surface area (Å²) in [5.74, 6) is 5.64. The van der Waals surface area contributed by atoms with E-state index in [2.05, 4.69) is 24.4 Å². The minimum Gasteiger partial charge on any atom is -0.377 e. The van der Waals surface area contributed by atoms with E-state index in [1.165, 1.54) is 5.69 Å². The fourth-order valence-corrected chi connectivity index (χ4v) is 2.04. The van der Waals surface area contributed by atoms with Gasteiger partial charge in [0.15, 0.2) is 0 Å². The Balaban J connectivity index is 2.62. The van der Waals surface area contributed by atoms with Crippen LogP contribution in [0.5, 0.6) is 0 Å². The number of hydrazine groups is 1. The van der Waals surface area contributed by atoms with E-state index in [4.69, 9.17) is 10.6 Å². The highest BCUT2D eigenvalue weighted by Gasteiger charge is 2.31. The van der Waals surface area contributed by atoms with Crippen LogP contribution in [0.4, 0.5) is 0 Å². The number of ether oxygens (including phenoxy) is 1. The van der Waals surface area contributed by atoms with Crippen molar-refractivity contribution in [2.24, 2.45) is 12.9 Å². The molecule has 1 aromatic rings. The summed E-state index contributed by atoms with van der Waals surface area (Å²) in [5, 5.41) is 4.16. The Morgan fingerprint density at radius 1 is 1.65 bits per heavy atom. The summed E-state index contributed by atoms with van der Waals surface area (Å²) in [7, 11) is 3.69. The van der Waals surface area contributed by atoms with Crippen molar-refractivity contribution < 1.29 is 4.74 Å². The fraction of sp³-hybridized carbons (Fsp3) is 0.750. The van der Waals surface area contributed by atoms with Gasteiger partial charge < -0.3 is 4.74 Å². The lowest BCUT2D eigenvalue weighted by atomic mass is 9.90. The molecule has 0 radical (unpaired) electrons. The van der Waals surface area contributed by atoms with Crippen molar-refractivity contribution in [2.75, 3.05) is 7.11 Å². The third-order valence-electron chi connectivity index (χ3n) is 3.72. The minimum absolute atomic E-state index is 0.132. The first-order valence-corrected chi connectivity index (χ1v) is 6.05. The van der Waals surface area contributed by atoms with Crippen molar-refractivity contribution >= 4 is 0 Å². The first-order chi connectivity index (χ1) is 8.07. The number of aromatic nitrogens is 2. The van der Waals surface area contributed by atoms with Crippen LogP contribution in [0.2, 0.25) is 0 Å². The molecule has 0 saturated heterocycles. The molecule has 1 aromatic heterocycles. The van der Waals surface area contributed by atoms with Crippen molar-refractivity contribution in [3.63, 3.8) is 0 Å². The topological polar surface area (TPSA) is 65.1 Å². The van der Waals surface area contributed by atoms with Gasteiger partial charge in [-0.1, -0.05) is 6.92 Å². The summed E-state index contributed by atoms with van der Waals surface area (Å²) in [6.45, 7) is 4.19. The van der Waals surface area contributed by atoms with Crippen molar-refractivity contribution in [1.29, 1.82) is 0 Å². The molecule has 0 fully saturated rings. The molecule has 5 nitrogen and oxygen atoms in total. The Morgan fingerprint density at radius 2 is 2.35 bits per heavy atom. The summed E-state index contributed by atoms with van der Waals surface area (Å²) in [5.41, 5.74) is 3.85. The fourth-order valence-electron chi connectivity index (χ4n) is 2.04. The van der Waals surface area contributed by atoms with Crippen LogP contribution in [0, 0.1) is 0 Å². The smallest absolute Gasteiger partial charge is 0.0813 e. The van der Waals surface area contributed by atoms with Crippen molar-refractivity contribution in [1.82, 2.24) is 15.2 Å². The zero-order valence-electron chi connectivity index (χ0n) is 11.2. The number of nitrogens with two attached hydrogens (primary N) is 1. The lowest BCUT2D eigenvalue weighted by molar-refractivity contribution is -0.0311. The molecule has 0 saturated carbocycles. The van der Waals surface area contributed by atoms with Gasteiger partial charge in [-0.15, -0.1) is 0 Å². The molecular formula is C12H24N4O. The zero-order valence-corrected chi connectivity index (χ0v) is 11.2. The van der Waals surface area contributed by atoms with Gasteiger partial charge in [-0.2, -0.15) is 5.10 Å². The molecule has 1 rings (SSSR count). The molecule has 5 heteroatoms. The zero-order chi connectivity index (χ0) is 12.9. The molecule has 0 aliphatic heterocycles. The van der Waals surface area contributed by atoms with Gasteiger partial charge in [-0.05, 0) is 32.3 Å². The molecule has 0 amide bonds. The molecule has 2 unspecified atom stereocenters. The van der Waals surface area contributed by atoms with Crippen LogP contribution in [-0.2, 0) is 18.2 Å². The van der Waals surface area contributed by atoms with E-state index in [1.54, 1.807) is 7.11 Å². The van der Waals surface area contributed by atoms with Crippen LogP contribution in [0.25, 0.3) is 0 Å². The Morgan fingerprint density at radius 3 is 2.76 bits per heavy atom. The average Bonchev–Trinajstić information content (AvgIpc) is 2.75. The average molecular weight is 240 g/mol. The van der Waals surface area contributed by atoms with Crippen molar-refractivity contribution in [3.8, 4) is 0 Å². The van der Waals surface area contributed by atoms with Gasteiger partial charge in [0.2, 0.25) is 0 Å². The van der Waals surface area contributed by atoms with Gasteiger partial charge >= 0.3 is 0 Å². The van der Waals surface area contributed by atoms with E-state index < -0.39 is 0 Å². The Kier molecular flexibility index (Phi) is 5.11. The minimum atomic E-state index is -0.229. The van der Waals surface area contributed by atoms with E-state index in [0.29, 0.717) is 0 Å². The normalized spacial score (nSPS) is 16.8. The summed E-state index contributed by atoms with van der Waals surface area (Å²) < 4.78 is 7.47. The second-order valence-electron chi connectivity index (χ2n) is 4.57. The standard InChI is InChI=1S/C12H24N4O/c1-5-12(2,17-4)11(15-13)7-6-10-8-9-14-16(10)3/h8-9,11,15H,5-7,13H2,1-4H3. The highest BCUT2D eigenvalue weighted by molar-refractivity contribution is 5.01. The summed E-state index contributed by atoms with van der Waals surface area (Å²) in [6, 6.07) is 2.16. The van der Waals surface area contributed by atoms with Gasteiger partial charge in [0.25, 0.3) is 0 Å². The SMILES string of the molecule is CCC(C)(OC)C(CCc1ccnn1C)NN. The second kappa shape index (κ2) is 6.14. The molecule has 0 aliphatic rings. The number of hydrogen-bond acceptors (Lipinski definition) is 4. The highest BCUT2D eigenvalue weighted by atomic mass is 16.5. The quantitative estimate of drug-likeness (QED) is 0.551. The number of methoxy groups -OCH3 is 1. The van der Waals surface area contributed by atoms with E-state index in [1.807, 2.05) is 24.0 Å². The third kappa shape index (κ3) is 3.28. The molecule has 3 N–H and O–H groups in total. The van der Waals surface area contributed by atoms with Gasteiger partial charge in [-0.25, -0.2) is 0 Å². The summed E-state index contributed by atoms with van der Waals surface area (Å²) in [6.07, 6.45) is 4.60. The van der Waals surface area contributed by atoms with Crippen LogP contribution in [-0.4, -0.2) is 28.5 Å². The Hall–Kier alpha value is -0.910. The number of rotatable bonds is 7. The maximum absolute atomic E-state index is 5.64. The molecule has 0 aliphatic carbocycles. The maximum atomic E-state index is 5.64. The number of nitrogens with zero attached hydrogens (tertiary/aromatic N) is 2. The molecule has 0 spiro atoms. The van der Waals surface area contributed by atoms with Gasteiger partial charge in [0.05, 0.1) is 11.6 Å². The number of hydrogen-bond donors (Lipinski definition) is 2. The molecular weight excluding hydrogens is 216 g/mol. The largest absolute Gasteiger partial charge is 0.377 e. The monoisotopic (exact) mass is 240 g/mol. The summed E-state index contributed by atoms with van der Waals surface area (Å²) >= 11 is 0. The van der Waals surface area contributed by atoms with Crippen molar-refractivity contribution in [2.45, 2.75) is 44.8 Å². The van der Waals surface area contributed by atoms with E-state index in [0.717, 1.165) is 19.3 Å². The predicted molar refractivity (Wildman–Crippen MR) is 68.3 cm³/mol. The number of aryl methyl sites for hydroxylation is 2. The number of nitrogens with one attached hydrogen (secondary N) is 1.